The van der Waals surface area contributed by atoms with Gasteiger partial charge in [0, 0.05) is 23.8 Å². The number of carbonyl (C=O) groups excluding carboxylic acids is 1. The van der Waals surface area contributed by atoms with Crippen LogP contribution in [-0.4, -0.2) is 31.4 Å². The lowest BCUT2D eigenvalue weighted by molar-refractivity contribution is -0.141. The Labute approximate surface area is 169 Å². The normalized spacial score (nSPS) is 12.0. The molecule has 0 atom stereocenters. The molecule has 0 radical (unpaired) electrons. The molecule has 1 amide bonds. The van der Waals surface area contributed by atoms with Gasteiger partial charge in [-0.1, -0.05) is 6.07 Å². The molecular weight excluding hydrogens is 399 g/mol. The van der Waals surface area contributed by atoms with Gasteiger partial charge in [0.25, 0.3) is 5.91 Å². The Balaban J connectivity index is 1.88. The number of aliphatic hydroxyl groups is 1. The standard InChI is InChI=1S/C20H18F3N5O2/c1-19(2,30)6-7-28-11-13-9-14(8-12(10-24)17(13)27-28)25-18(29)15-4-3-5-16(26-15)20(21,22)23/h3-5,8-9,11,30H,6-7H2,1-2H3,(H,25,29). The van der Waals surface area contributed by atoms with Gasteiger partial charge in [-0.3, -0.25) is 9.48 Å². The third kappa shape index (κ3) is 4.93. The lowest BCUT2D eigenvalue weighted by atomic mass is 10.1. The number of fused-ring (bicyclic) bond motifs is 1. The van der Waals surface area contributed by atoms with E-state index >= 15 is 0 Å². The van der Waals surface area contributed by atoms with E-state index in [1.165, 1.54) is 12.1 Å². The number of carbonyl (C=O) groups is 1. The first-order chi connectivity index (χ1) is 14.0. The van der Waals surface area contributed by atoms with Crippen molar-refractivity contribution in [1.29, 1.82) is 5.26 Å². The SMILES string of the molecule is CC(C)(O)CCn1cc2cc(NC(=O)c3cccc(C(F)(F)F)n3)cc(C#N)c2n1. The van der Waals surface area contributed by atoms with Gasteiger partial charge in [0.2, 0.25) is 0 Å². The largest absolute Gasteiger partial charge is 0.433 e. The monoisotopic (exact) mass is 417 g/mol. The lowest BCUT2D eigenvalue weighted by Crippen LogP contribution is -2.21. The number of nitrogens with one attached hydrogen (secondary N) is 1. The van der Waals surface area contributed by atoms with Gasteiger partial charge in [-0.2, -0.15) is 23.5 Å². The molecule has 156 valence electrons. The molecule has 2 aromatic heterocycles. The zero-order chi connectivity index (χ0) is 22.1. The van der Waals surface area contributed by atoms with Gasteiger partial charge >= 0.3 is 6.18 Å². The van der Waals surface area contributed by atoms with E-state index in [0.29, 0.717) is 23.9 Å². The molecule has 2 N–H and O–H groups in total. The number of pyridine rings is 1. The van der Waals surface area contributed by atoms with E-state index in [2.05, 4.69) is 15.4 Å². The molecule has 0 aliphatic heterocycles. The Hall–Kier alpha value is -3.45. The van der Waals surface area contributed by atoms with Crippen LogP contribution >= 0.6 is 0 Å². The fourth-order valence-corrected chi connectivity index (χ4v) is 2.76. The highest BCUT2D eigenvalue weighted by Gasteiger charge is 2.33. The zero-order valence-corrected chi connectivity index (χ0v) is 16.2. The molecule has 30 heavy (non-hydrogen) atoms. The van der Waals surface area contributed by atoms with Crippen LogP contribution in [0.15, 0.2) is 36.5 Å². The molecule has 7 nitrogen and oxygen atoms in total. The molecule has 0 unspecified atom stereocenters. The smallest absolute Gasteiger partial charge is 0.390 e. The van der Waals surface area contributed by atoms with Crippen molar-refractivity contribution in [1.82, 2.24) is 14.8 Å². The van der Waals surface area contributed by atoms with Crippen molar-refractivity contribution in [3.8, 4) is 6.07 Å². The number of nitrogens with zero attached hydrogens (tertiary/aromatic N) is 4. The average molecular weight is 417 g/mol. The van der Waals surface area contributed by atoms with Crippen LogP contribution in [0.1, 0.15) is 42.0 Å². The number of aromatic nitrogens is 3. The van der Waals surface area contributed by atoms with Gasteiger partial charge in [0.15, 0.2) is 0 Å². The summed E-state index contributed by atoms with van der Waals surface area (Å²) in [7, 11) is 0. The first-order valence-electron chi connectivity index (χ1n) is 8.95. The van der Waals surface area contributed by atoms with E-state index in [1.807, 2.05) is 6.07 Å². The Bertz CT molecular complexity index is 1140. The van der Waals surface area contributed by atoms with E-state index in [9.17, 15) is 28.3 Å². The van der Waals surface area contributed by atoms with Crippen molar-refractivity contribution in [3.05, 3.63) is 53.5 Å². The summed E-state index contributed by atoms with van der Waals surface area (Å²) < 4.78 is 40.0. The topological polar surface area (TPSA) is 104 Å². The average Bonchev–Trinajstić information content (AvgIpc) is 3.07. The summed E-state index contributed by atoms with van der Waals surface area (Å²) in [5.41, 5.74) is -1.61. The summed E-state index contributed by atoms with van der Waals surface area (Å²) in [6, 6.07) is 8.00. The van der Waals surface area contributed by atoms with Crippen molar-refractivity contribution in [2.24, 2.45) is 0 Å². The van der Waals surface area contributed by atoms with Gasteiger partial charge in [-0.05, 0) is 44.5 Å². The summed E-state index contributed by atoms with van der Waals surface area (Å²) in [6.07, 6.45) is -2.56. The van der Waals surface area contributed by atoms with E-state index < -0.39 is 29.1 Å². The number of aryl methyl sites for hydroxylation is 1. The fourth-order valence-electron chi connectivity index (χ4n) is 2.76. The first kappa shape index (κ1) is 21.3. The number of nitriles is 1. The van der Waals surface area contributed by atoms with Gasteiger partial charge < -0.3 is 10.4 Å². The van der Waals surface area contributed by atoms with Crippen molar-refractivity contribution < 1.29 is 23.1 Å². The summed E-state index contributed by atoms with van der Waals surface area (Å²) >= 11 is 0. The Morgan fingerprint density at radius 2 is 2.03 bits per heavy atom. The van der Waals surface area contributed by atoms with Gasteiger partial charge in [0.05, 0.1) is 11.2 Å². The first-order valence-corrected chi connectivity index (χ1v) is 8.95. The Morgan fingerprint density at radius 3 is 2.67 bits per heavy atom. The summed E-state index contributed by atoms with van der Waals surface area (Å²) in [6.45, 7) is 3.76. The Morgan fingerprint density at radius 1 is 1.30 bits per heavy atom. The van der Waals surface area contributed by atoms with E-state index in [0.717, 1.165) is 12.1 Å². The van der Waals surface area contributed by atoms with Crippen LogP contribution in [0.25, 0.3) is 10.9 Å². The fraction of sp³-hybridized carbons (Fsp3) is 0.300. The number of anilines is 1. The molecule has 0 saturated heterocycles. The molecule has 3 rings (SSSR count). The zero-order valence-electron chi connectivity index (χ0n) is 16.2. The van der Waals surface area contributed by atoms with Gasteiger partial charge in [-0.25, -0.2) is 4.98 Å². The van der Waals surface area contributed by atoms with Gasteiger partial charge in [-0.15, -0.1) is 0 Å². The third-order valence-corrected chi connectivity index (χ3v) is 4.26. The third-order valence-electron chi connectivity index (χ3n) is 4.26. The van der Waals surface area contributed by atoms with Crippen LogP contribution in [0, 0.1) is 11.3 Å². The minimum atomic E-state index is -4.67. The highest BCUT2D eigenvalue weighted by atomic mass is 19.4. The number of benzene rings is 1. The molecule has 10 heteroatoms. The number of amides is 1. The maximum absolute atomic E-state index is 12.8. The molecule has 0 aliphatic rings. The maximum atomic E-state index is 12.8. The summed E-state index contributed by atoms with van der Waals surface area (Å²) in [5, 5.41) is 26.7. The van der Waals surface area contributed by atoms with Crippen LogP contribution in [0.4, 0.5) is 18.9 Å². The highest BCUT2D eigenvalue weighted by Crippen LogP contribution is 2.28. The second-order valence-electron chi connectivity index (χ2n) is 7.39. The number of hydrogen-bond donors (Lipinski definition) is 2. The molecule has 0 fully saturated rings. The Kier molecular flexibility index (Phi) is 5.50. The van der Waals surface area contributed by atoms with Crippen LogP contribution in [-0.2, 0) is 12.7 Å². The molecule has 0 spiro atoms. The lowest BCUT2D eigenvalue weighted by Gasteiger charge is -2.16. The van der Waals surface area contributed by atoms with Crippen molar-refractivity contribution >= 4 is 22.5 Å². The molecule has 0 aliphatic carbocycles. The molecular formula is C20H18F3N5O2. The van der Waals surface area contributed by atoms with E-state index in [4.69, 9.17) is 0 Å². The van der Waals surface area contributed by atoms with Crippen LogP contribution in [0.3, 0.4) is 0 Å². The van der Waals surface area contributed by atoms with Crippen molar-refractivity contribution in [2.75, 3.05) is 5.32 Å². The van der Waals surface area contributed by atoms with Crippen molar-refractivity contribution in [2.45, 2.75) is 38.6 Å². The molecule has 1 aromatic carbocycles. The second-order valence-corrected chi connectivity index (χ2v) is 7.39. The summed E-state index contributed by atoms with van der Waals surface area (Å²) in [4.78, 5) is 15.7. The highest BCUT2D eigenvalue weighted by molar-refractivity contribution is 6.04. The minimum absolute atomic E-state index is 0.196. The molecule has 0 saturated carbocycles. The predicted molar refractivity (Wildman–Crippen MR) is 103 cm³/mol. The van der Waals surface area contributed by atoms with E-state index in [-0.39, 0.29) is 11.3 Å². The minimum Gasteiger partial charge on any atom is -0.390 e. The van der Waals surface area contributed by atoms with Crippen LogP contribution < -0.4 is 5.32 Å². The maximum Gasteiger partial charge on any atom is 0.433 e. The quantitative estimate of drug-likeness (QED) is 0.658. The van der Waals surface area contributed by atoms with Gasteiger partial charge in [0.1, 0.15) is 23.0 Å². The number of hydrogen-bond acceptors (Lipinski definition) is 5. The van der Waals surface area contributed by atoms with Crippen molar-refractivity contribution in [3.63, 3.8) is 0 Å². The molecule has 0 bridgehead atoms. The van der Waals surface area contributed by atoms with E-state index in [1.54, 1.807) is 30.8 Å². The second kappa shape index (κ2) is 7.76. The number of alkyl halides is 3. The van der Waals surface area contributed by atoms with Crippen LogP contribution in [0.5, 0.6) is 0 Å². The summed E-state index contributed by atoms with van der Waals surface area (Å²) in [5.74, 6) is -0.834. The molecule has 2 heterocycles. The predicted octanol–water partition coefficient (Wildman–Crippen LogP) is 3.74. The molecule has 3 aromatic rings. The van der Waals surface area contributed by atoms with Crippen LogP contribution in [0.2, 0.25) is 0 Å². The number of rotatable bonds is 5. The number of halogens is 3.